The fraction of sp³-hybridized carbons (Fsp3) is 0.250. The van der Waals surface area contributed by atoms with Crippen molar-refractivity contribution in [1.29, 1.82) is 0 Å². The van der Waals surface area contributed by atoms with Gasteiger partial charge in [-0.05, 0) is 48.6 Å². The maximum absolute atomic E-state index is 6.29. The van der Waals surface area contributed by atoms with Crippen LogP contribution < -0.4 is 5.32 Å². The first-order valence-electron chi connectivity index (χ1n) is 6.45. The summed E-state index contributed by atoms with van der Waals surface area (Å²) >= 11 is 9.89. The van der Waals surface area contributed by atoms with Crippen LogP contribution in [0, 0.1) is 6.92 Å². The van der Waals surface area contributed by atoms with Crippen LogP contribution >= 0.6 is 27.5 Å². The van der Waals surface area contributed by atoms with E-state index in [2.05, 4.69) is 46.4 Å². The summed E-state index contributed by atoms with van der Waals surface area (Å²) in [5, 5.41) is 4.45. The Balaban J connectivity index is 1.94. The maximum Gasteiger partial charge on any atom is 0.0531 e. The van der Waals surface area contributed by atoms with Crippen molar-refractivity contribution in [2.75, 3.05) is 5.32 Å². The molecule has 98 valence electrons. The number of aryl methyl sites for hydroxylation is 2. The molecule has 0 aromatic heterocycles. The minimum Gasteiger partial charge on any atom is -0.378 e. The van der Waals surface area contributed by atoms with Crippen LogP contribution in [0.1, 0.15) is 29.2 Å². The molecule has 3 heteroatoms. The molecule has 0 spiro atoms. The molecule has 0 radical (unpaired) electrons. The number of hydrogen-bond acceptors (Lipinski definition) is 1. The van der Waals surface area contributed by atoms with Crippen molar-refractivity contribution in [3.8, 4) is 0 Å². The number of rotatable bonds is 1. The zero-order chi connectivity index (χ0) is 13.4. The second-order valence-corrected chi connectivity index (χ2v) is 6.28. The number of halogens is 2. The molecule has 1 heterocycles. The summed E-state index contributed by atoms with van der Waals surface area (Å²) in [4.78, 5) is 0. The molecule has 1 N–H and O–H groups in total. The molecule has 1 aliphatic rings. The van der Waals surface area contributed by atoms with Crippen LogP contribution in [0.2, 0.25) is 5.02 Å². The molecule has 2 aromatic rings. The molecule has 0 fully saturated rings. The summed E-state index contributed by atoms with van der Waals surface area (Å²) in [6, 6.07) is 12.8. The molecule has 1 aliphatic heterocycles. The number of anilines is 1. The van der Waals surface area contributed by atoms with E-state index in [1.165, 1.54) is 22.4 Å². The first kappa shape index (κ1) is 13.0. The van der Waals surface area contributed by atoms with Gasteiger partial charge in [0.25, 0.3) is 0 Å². The van der Waals surface area contributed by atoms with Crippen LogP contribution in [0.25, 0.3) is 0 Å². The largest absolute Gasteiger partial charge is 0.378 e. The Hall–Kier alpha value is -0.990. The van der Waals surface area contributed by atoms with Gasteiger partial charge in [0.2, 0.25) is 0 Å². The third-order valence-electron chi connectivity index (χ3n) is 3.70. The summed E-state index contributed by atoms with van der Waals surface area (Å²) < 4.78 is 1.15. The van der Waals surface area contributed by atoms with Gasteiger partial charge in [-0.1, -0.05) is 51.8 Å². The monoisotopic (exact) mass is 335 g/mol. The molecule has 0 saturated carbocycles. The zero-order valence-electron chi connectivity index (χ0n) is 10.7. The van der Waals surface area contributed by atoms with Crippen molar-refractivity contribution >= 4 is 33.2 Å². The number of fused-ring (bicyclic) bond motifs is 1. The smallest absolute Gasteiger partial charge is 0.0531 e. The zero-order valence-corrected chi connectivity index (χ0v) is 13.1. The van der Waals surface area contributed by atoms with Gasteiger partial charge in [-0.25, -0.2) is 0 Å². The first-order valence-corrected chi connectivity index (χ1v) is 7.62. The van der Waals surface area contributed by atoms with E-state index < -0.39 is 0 Å². The van der Waals surface area contributed by atoms with E-state index in [4.69, 9.17) is 11.6 Å². The lowest BCUT2D eigenvalue weighted by Gasteiger charge is -2.28. The third kappa shape index (κ3) is 2.52. The number of hydrogen-bond donors (Lipinski definition) is 1. The molecule has 0 amide bonds. The Bertz CT molecular complexity index is 624. The lowest BCUT2D eigenvalue weighted by molar-refractivity contribution is 0.667. The Kier molecular flexibility index (Phi) is 3.55. The fourth-order valence-electron chi connectivity index (χ4n) is 2.63. The van der Waals surface area contributed by atoms with Crippen LogP contribution in [0.15, 0.2) is 40.9 Å². The molecule has 1 atom stereocenters. The average Bonchev–Trinajstić information content (AvgIpc) is 2.40. The van der Waals surface area contributed by atoms with Gasteiger partial charge in [-0.3, -0.25) is 0 Å². The lowest BCUT2D eigenvalue weighted by atomic mass is 9.92. The number of nitrogens with one attached hydrogen (secondary N) is 1. The Morgan fingerprint density at radius 3 is 2.84 bits per heavy atom. The summed E-state index contributed by atoms with van der Waals surface area (Å²) in [7, 11) is 0. The average molecular weight is 337 g/mol. The van der Waals surface area contributed by atoms with Crippen molar-refractivity contribution in [2.45, 2.75) is 25.8 Å². The molecular formula is C16H15BrClN. The number of benzene rings is 2. The second kappa shape index (κ2) is 5.18. The van der Waals surface area contributed by atoms with Gasteiger partial charge in [0.15, 0.2) is 0 Å². The second-order valence-electron chi connectivity index (χ2n) is 5.02. The van der Waals surface area contributed by atoms with Crippen molar-refractivity contribution in [3.05, 3.63) is 62.6 Å². The predicted molar refractivity (Wildman–Crippen MR) is 85.0 cm³/mol. The van der Waals surface area contributed by atoms with Crippen molar-refractivity contribution in [2.24, 2.45) is 0 Å². The van der Waals surface area contributed by atoms with E-state index in [1.807, 2.05) is 18.2 Å². The molecule has 0 aliphatic carbocycles. The summed E-state index contributed by atoms with van der Waals surface area (Å²) in [6.07, 6.45) is 2.17. The van der Waals surface area contributed by atoms with Gasteiger partial charge >= 0.3 is 0 Å². The van der Waals surface area contributed by atoms with E-state index in [0.29, 0.717) is 6.04 Å². The van der Waals surface area contributed by atoms with Crippen LogP contribution in [-0.2, 0) is 6.42 Å². The highest BCUT2D eigenvalue weighted by Gasteiger charge is 2.21. The van der Waals surface area contributed by atoms with E-state index in [0.717, 1.165) is 22.3 Å². The molecule has 3 rings (SSSR count). The van der Waals surface area contributed by atoms with E-state index in [1.54, 1.807) is 0 Å². The molecular weight excluding hydrogens is 322 g/mol. The van der Waals surface area contributed by atoms with Crippen LogP contribution in [0.4, 0.5) is 5.69 Å². The van der Waals surface area contributed by atoms with Crippen molar-refractivity contribution in [1.82, 2.24) is 0 Å². The van der Waals surface area contributed by atoms with Crippen LogP contribution in [0.5, 0.6) is 0 Å². The Morgan fingerprint density at radius 1 is 1.26 bits per heavy atom. The normalized spacial score (nSPS) is 17.7. The van der Waals surface area contributed by atoms with Gasteiger partial charge in [0.1, 0.15) is 0 Å². The van der Waals surface area contributed by atoms with Crippen LogP contribution in [0.3, 0.4) is 0 Å². The molecule has 2 aromatic carbocycles. The van der Waals surface area contributed by atoms with Gasteiger partial charge in [0.05, 0.1) is 6.04 Å². The van der Waals surface area contributed by atoms with E-state index in [9.17, 15) is 0 Å². The topological polar surface area (TPSA) is 12.0 Å². The minimum absolute atomic E-state index is 0.302. The van der Waals surface area contributed by atoms with Crippen molar-refractivity contribution < 1.29 is 0 Å². The minimum atomic E-state index is 0.302. The third-order valence-corrected chi connectivity index (χ3v) is 4.90. The lowest BCUT2D eigenvalue weighted by Crippen LogP contribution is -2.18. The van der Waals surface area contributed by atoms with Gasteiger partial charge in [-0.15, -0.1) is 0 Å². The summed E-state index contributed by atoms with van der Waals surface area (Å²) in [5.74, 6) is 0. The van der Waals surface area contributed by atoms with E-state index in [-0.39, 0.29) is 0 Å². The summed E-state index contributed by atoms with van der Waals surface area (Å²) in [5.41, 5.74) is 5.08. The first-order chi connectivity index (χ1) is 9.15. The Morgan fingerprint density at radius 2 is 2.05 bits per heavy atom. The molecule has 1 unspecified atom stereocenters. The molecule has 0 bridgehead atoms. The maximum atomic E-state index is 6.29. The quantitative estimate of drug-likeness (QED) is 0.724. The van der Waals surface area contributed by atoms with E-state index >= 15 is 0 Å². The molecule has 19 heavy (non-hydrogen) atoms. The highest BCUT2D eigenvalue weighted by Crippen LogP contribution is 2.37. The fourth-order valence-corrected chi connectivity index (χ4v) is 3.24. The standard InChI is InChI=1S/C16H15BrClN/c1-10-8-11-6-7-15(19-16(11)9-13(10)17)12-4-2-3-5-14(12)18/h2-5,8-9,15,19H,6-7H2,1H3. The van der Waals surface area contributed by atoms with Crippen LogP contribution in [-0.4, -0.2) is 0 Å². The highest BCUT2D eigenvalue weighted by atomic mass is 79.9. The van der Waals surface area contributed by atoms with Crippen molar-refractivity contribution in [3.63, 3.8) is 0 Å². The predicted octanol–water partition coefficient (Wildman–Crippen LogP) is 5.51. The molecule has 1 nitrogen and oxygen atoms in total. The molecule has 0 saturated heterocycles. The SMILES string of the molecule is Cc1cc2c(cc1Br)NC(c1ccccc1Cl)CC2. The van der Waals surface area contributed by atoms with Gasteiger partial charge in [-0.2, -0.15) is 0 Å². The van der Waals surface area contributed by atoms with Gasteiger partial charge < -0.3 is 5.32 Å². The highest BCUT2D eigenvalue weighted by molar-refractivity contribution is 9.10. The van der Waals surface area contributed by atoms with Gasteiger partial charge in [0, 0.05) is 15.2 Å². The summed E-state index contributed by atoms with van der Waals surface area (Å²) in [6.45, 7) is 2.13. The Labute approximate surface area is 127 Å².